The third kappa shape index (κ3) is 2.87. The summed E-state index contributed by atoms with van der Waals surface area (Å²) in [5, 5.41) is 34.0. The van der Waals surface area contributed by atoms with Crippen LogP contribution >= 0.6 is 0 Å². The highest BCUT2D eigenvalue weighted by Crippen LogP contribution is 2.28. The fourth-order valence-corrected chi connectivity index (χ4v) is 3.40. The highest BCUT2D eigenvalue weighted by atomic mass is 16.6. The van der Waals surface area contributed by atoms with Crippen LogP contribution in [-0.4, -0.2) is 54.5 Å². The van der Waals surface area contributed by atoms with Crippen molar-refractivity contribution in [1.29, 1.82) is 0 Å². The van der Waals surface area contributed by atoms with E-state index in [0.717, 1.165) is 20.8 Å². The van der Waals surface area contributed by atoms with Gasteiger partial charge in [-0.3, -0.25) is 13.9 Å². The molecule has 0 bridgehead atoms. The van der Waals surface area contributed by atoms with Gasteiger partial charge >= 0.3 is 5.69 Å². The summed E-state index contributed by atoms with van der Waals surface area (Å²) in [5.74, 6) is 0. The van der Waals surface area contributed by atoms with Crippen molar-refractivity contribution in [3.8, 4) is 0 Å². The van der Waals surface area contributed by atoms with E-state index >= 15 is 0 Å². The molecule has 4 atom stereocenters. The zero-order valence-electron chi connectivity index (χ0n) is 14.9. The SMILES string of the molecule is Cc1cccc2c(Cn3c(=O)ccn(C4OC(CO)C(O)C4O)c3=O)noc12. The van der Waals surface area contributed by atoms with E-state index in [1.165, 1.54) is 6.20 Å². The van der Waals surface area contributed by atoms with Crippen LogP contribution in [0.3, 0.4) is 0 Å². The maximum absolute atomic E-state index is 12.9. The zero-order valence-corrected chi connectivity index (χ0v) is 14.9. The molecule has 1 saturated heterocycles. The number of ether oxygens (including phenoxy) is 1. The Morgan fingerprint density at radius 2 is 1.96 bits per heavy atom. The molecule has 4 unspecified atom stereocenters. The molecule has 10 nitrogen and oxygen atoms in total. The first-order chi connectivity index (χ1) is 13.4. The standard InChI is InChI=1S/C18H19N3O7/c1-9-3-2-4-10-11(19-28-16(9)10)7-21-13(23)5-6-20(18(21)26)17-15(25)14(24)12(8-22)27-17/h2-6,12,14-15,17,22,24-25H,7-8H2,1H3. The van der Waals surface area contributed by atoms with Gasteiger partial charge in [0.15, 0.2) is 11.8 Å². The van der Waals surface area contributed by atoms with Crippen molar-refractivity contribution >= 4 is 11.0 Å². The topological polar surface area (TPSA) is 140 Å². The molecule has 1 aromatic carbocycles. The molecule has 28 heavy (non-hydrogen) atoms. The normalized spacial score (nSPS) is 24.9. The number of benzene rings is 1. The summed E-state index contributed by atoms with van der Waals surface area (Å²) < 4.78 is 12.7. The number of nitrogens with zero attached hydrogens (tertiary/aromatic N) is 3. The van der Waals surface area contributed by atoms with Crippen molar-refractivity contribution in [2.45, 2.75) is 38.0 Å². The van der Waals surface area contributed by atoms with E-state index in [1.54, 1.807) is 6.07 Å². The second-order valence-electron chi connectivity index (χ2n) is 6.74. The first-order valence-corrected chi connectivity index (χ1v) is 8.70. The summed E-state index contributed by atoms with van der Waals surface area (Å²) in [6, 6.07) is 6.63. The molecular formula is C18H19N3O7. The average Bonchev–Trinajstić information content (AvgIpc) is 3.22. The first-order valence-electron chi connectivity index (χ1n) is 8.70. The van der Waals surface area contributed by atoms with Crippen LogP contribution in [0.2, 0.25) is 0 Å². The molecule has 4 rings (SSSR count). The number of hydrogen-bond acceptors (Lipinski definition) is 8. The lowest BCUT2D eigenvalue weighted by Gasteiger charge is -2.18. The summed E-state index contributed by atoms with van der Waals surface area (Å²) in [5.41, 5.74) is 0.561. The van der Waals surface area contributed by atoms with Crippen LogP contribution < -0.4 is 11.2 Å². The molecule has 3 aromatic rings. The number of para-hydroxylation sites is 1. The lowest BCUT2D eigenvalue weighted by molar-refractivity contribution is -0.0555. The first kappa shape index (κ1) is 18.6. The van der Waals surface area contributed by atoms with Crippen LogP contribution in [0.15, 0.2) is 44.6 Å². The van der Waals surface area contributed by atoms with Crippen LogP contribution in [0, 0.1) is 6.92 Å². The Kier molecular flexibility index (Phi) is 4.63. The lowest BCUT2D eigenvalue weighted by Crippen LogP contribution is -2.43. The van der Waals surface area contributed by atoms with Crippen molar-refractivity contribution < 1.29 is 24.6 Å². The van der Waals surface area contributed by atoms with Crippen molar-refractivity contribution in [2.24, 2.45) is 0 Å². The predicted molar refractivity (Wildman–Crippen MR) is 95.8 cm³/mol. The quantitative estimate of drug-likeness (QED) is 0.523. The van der Waals surface area contributed by atoms with Gasteiger partial charge in [-0.25, -0.2) is 4.79 Å². The molecule has 1 fully saturated rings. The molecule has 10 heteroatoms. The van der Waals surface area contributed by atoms with E-state index in [1.807, 2.05) is 19.1 Å². The number of aliphatic hydroxyl groups excluding tert-OH is 3. The van der Waals surface area contributed by atoms with Crippen LogP contribution in [0.25, 0.3) is 11.0 Å². The molecule has 0 saturated carbocycles. The molecule has 3 heterocycles. The van der Waals surface area contributed by atoms with Gasteiger partial charge in [-0.2, -0.15) is 0 Å². The van der Waals surface area contributed by atoms with E-state index in [9.17, 15) is 24.9 Å². The molecule has 3 N–H and O–H groups in total. The van der Waals surface area contributed by atoms with Crippen LogP contribution in [0.5, 0.6) is 0 Å². The van der Waals surface area contributed by atoms with Crippen molar-refractivity contribution in [1.82, 2.24) is 14.3 Å². The van der Waals surface area contributed by atoms with Gasteiger partial charge < -0.3 is 24.6 Å². The molecule has 0 spiro atoms. The largest absolute Gasteiger partial charge is 0.394 e. The van der Waals surface area contributed by atoms with Gasteiger partial charge in [-0.05, 0) is 18.6 Å². The molecule has 0 aliphatic carbocycles. The van der Waals surface area contributed by atoms with Crippen LogP contribution in [0.4, 0.5) is 0 Å². The van der Waals surface area contributed by atoms with Gasteiger partial charge in [0.2, 0.25) is 0 Å². The Labute approximate surface area is 157 Å². The molecular weight excluding hydrogens is 370 g/mol. The molecule has 148 valence electrons. The number of aliphatic hydroxyl groups is 3. The number of rotatable bonds is 4. The van der Waals surface area contributed by atoms with Gasteiger partial charge in [-0.1, -0.05) is 17.3 Å². The smallest absolute Gasteiger partial charge is 0.333 e. The van der Waals surface area contributed by atoms with Gasteiger partial charge in [0.25, 0.3) is 5.56 Å². The number of hydrogen-bond donors (Lipinski definition) is 3. The van der Waals surface area contributed by atoms with E-state index in [0.29, 0.717) is 16.7 Å². The van der Waals surface area contributed by atoms with Crippen LogP contribution in [0.1, 0.15) is 17.5 Å². The molecule has 0 radical (unpaired) electrons. The van der Waals surface area contributed by atoms with E-state index < -0.39 is 42.4 Å². The van der Waals surface area contributed by atoms with Crippen LogP contribution in [-0.2, 0) is 11.3 Å². The Morgan fingerprint density at radius 3 is 2.68 bits per heavy atom. The summed E-state index contributed by atoms with van der Waals surface area (Å²) >= 11 is 0. The number of fused-ring (bicyclic) bond motifs is 1. The lowest BCUT2D eigenvalue weighted by atomic mass is 10.1. The number of aromatic nitrogens is 3. The molecule has 1 aliphatic rings. The minimum absolute atomic E-state index is 0.135. The summed E-state index contributed by atoms with van der Waals surface area (Å²) in [7, 11) is 0. The predicted octanol–water partition coefficient (Wildman–Crippen LogP) is -0.881. The number of aryl methyl sites for hydroxylation is 1. The molecule has 2 aromatic heterocycles. The highest BCUT2D eigenvalue weighted by molar-refractivity contribution is 5.82. The average molecular weight is 389 g/mol. The minimum atomic E-state index is -1.43. The third-order valence-electron chi connectivity index (χ3n) is 4.96. The Morgan fingerprint density at radius 1 is 1.18 bits per heavy atom. The fourth-order valence-electron chi connectivity index (χ4n) is 3.40. The van der Waals surface area contributed by atoms with E-state index in [4.69, 9.17) is 9.26 Å². The van der Waals surface area contributed by atoms with Crippen molar-refractivity contribution in [3.05, 3.63) is 62.6 Å². The highest BCUT2D eigenvalue weighted by Gasteiger charge is 2.43. The minimum Gasteiger partial charge on any atom is -0.394 e. The van der Waals surface area contributed by atoms with Gasteiger partial charge in [0.05, 0.1) is 13.2 Å². The molecule has 1 aliphatic heterocycles. The summed E-state index contributed by atoms with van der Waals surface area (Å²) in [6.45, 7) is 1.21. The fraction of sp³-hybridized carbons (Fsp3) is 0.389. The van der Waals surface area contributed by atoms with Crippen molar-refractivity contribution in [2.75, 3.05) is 6.61 Å². The Hall–Kier alpha value is -2.79. The van der Waals surface area contributed by atoms with Crippen molar-refractivity contribution in [3.63, 3.8) is 0 Å². The van der Waals surface area contributed by atoms with Gasteiger partial charge in [-0.15, -0.1) is 0 Å². The second-order valence-corrected chi connectivity index (χ2v) is 6.74. The van der Waals surface area contributed by atoms with Gasteiger partial charge in [0, 0.05) is 17.6 Å². The zero-order chi connectivity index (χ0) is 20.0. The van der Waals surface area contributed by atoms with Gasteiger partial charge in [0.1, 0.15) is 24.0 Å². The van der Waals surface area contributed by atoms with E-state index in [-0.39, 0.29) is 6.54 Å². The maximum Gasteiger partial charge on any atom is 0.333 e. The Balaban J connectivity index is 1.75. The second kappa shape index (κ2) is 6.99. The monoisotopic (exact) mass is 389 g/mol. The van der Waals surface area contributed by atoms with E-state index in [2.05, 4.69) is 5.16 Å². The molecule has 0 amide bonds. The summed E-state index contributed by atoms with van der Waals surface area (Å²) in [4.78, 5) is 25.2. The summed E-state index contributed by atoms with van der Waals surface area (Å²) in [6.07, 6.45) is -3.87. The third-order valence-corrected chi connectivity index (χ3v) is 4.96. The maximum atomic E-state index is 12.9. The Bertz CT molecular complexity index is 1130.